The third kappa shape index (κ3) is 2.92. The Labute approximate surface area is 98.7 Å². The Kier molecular flexibility index (Phi) is 4.12. The lowest BCUT2D eigenvalue weighted by Crippen LogP contribution is -2.38. The van der Waals surface area contributed by atoms with E-state index in [-0.39, 0.29) is 0 Å². The quantitative estimate of drug-likeness (QED) is 0.837. The molecule has 4 nitrogen and oxygen atoms in total. The number of aromatic amines is 1. The largest absolute Gasteiger partial charge is 0.347 e. The molecule has 1 aromatic heterocycles. The summed E-state index contributed by atoms with van der Waals surface area (Å²) < 4.78 is 11.3. The highest BCUT2D eigenvalue weighted by Gasteiger charge is 2.21. The van der Waals surface area contributed by atoms with E-state index in [1.54, 1.807) is 6.20 Å². The van der Waals surface area contributed by atoms with Gasteiger partial charge in [-0.3, -0.25) is 4.21 Å². The highest BCUT2D eigenvalue weighted by molar-refractivity contribution is 7.85. The van der Waals surface area contributed by atoms with Crippen molar-refractivity contribution in [2.45, 2.75) is 38.3 Å². The summed E-state index contributed by atoms with van der Waals surface area (Å²) in [5.74, 6) is 2.69. The first-order chi connectivity index (χ1) is 7.79. The highest BCUT2D eigenvalue weighted by Crippen LogP contribution is 2.17. The van der Waals surface area contributed by atoms with E-state index >= 15 is 0 Å². The fraction of sp³-hybridized carbons (Fsp3) is 0.727. The van der Waals surface area contributed by atoms with Crippen LogP contribution in [0.25, 0.3) is 0 Å². The van der Waals surface area contributed by atoms with Gasteiger partial charge in [-0.15, -0.1) is 0 Å². The lowest BCUT2D eigenvalue weighted by molar-refractivity contribution is 0.393. The van der Waals surface area contributed by atoms with E-state index < -0.39 is 10.8 Å². The summed E-state index contributed by atoms with van der Waals surface area (Å²) in [5.41, 5.74) is 0. The molecule has 1 fully saturated rings. The monoisotopic (exact) mass is 241 g/mol. The standard InChI is InChI=1S/C11H19N3OS/c1-2-10(11-12-5-6-13-11)14-9-3-7-16(15)8-4-9/h5-6,9-10,14H,2-4,7-8H2,1H3,(H,12,13). The minimum absolute atomic E-state index is 0.298. The summed E-state index contributed by atoms with van der Waals surface area (Å²) in [4.78, 5) is 7.44. The molecule has 2 N–H and O–H groups in total. The van der Waals surface area contributed by atoms with E-state index in [0.29, 0.717) is 12.1 Å². The Hall–Kier alpha value is -0.680. The highest BCUT2D eigenvalue weighted by atomic mass is 32.2. The Morgan fingerprint density at radius 1 is 1.62 bits per heavy atom. The maximum Gasteiger partial charge on any atom is 0.123 e. The van der Waals surface area contributed by atoms with Crippen molar-refractivity contribution in [2.24, 2.45) is 0 Å². The number of H-pyrrole nitrogens is 1. The van der Waals surface area contributed by atoms with Crippen LogP contribution in [0.15, 0.2) is 12.4 Å². The second-order valence-electron chi connectivity index (χ2n) is 4.22. The maximum absolute atomic E-state index is 11.3. The molecule has 16 heavy (non-hydrogen) atoms. The molecule has 5 heteroatoms. The molecule has 0 saturated carbocycles. The number of imidazole rings is 1. The van der Waals surface area contributed by atoms with Crippen molar-refractivity contribution < 1.29 is 4.21 Å². The van der Waals surface area contributed by atoms with Crippen molar-refractivity contribution in [3.05, 3.63) is 18.2 Å². The van der Waals surface area contributed by atoms with Gasteiger partial charge in [-0.05, 0) is 19.3 Å². The Balaban J connectivity index is 1.90. The molecule has 0 bridgehead atoms. The summed E-state index contributed by atoms with van der Waals surface area (Å²) in [7, 11) is -0.578. The van der Waals surface area contributed by atoms with Crippen LogP contribution in [-0.4, -0.2) is 31.7 Å². The molecule has 1 aromatic rings. The average molecular weight is 241 g/mol. The van der Waals surface area contributed by atoms with Crippen LogP contribution in [-0.2, 0) is 10.8 Å². The van der Waals surface area contributed by atoms with E-state index in [0.717, 1.165) is 36.6 Å². The van der Waals surface area contributed by atoms with Crippen LogP contribution >= 0.6 is 0 Å². The molecule has 0 spiro atoms. The molecular weight excluding hydrogens is 222 g/mol. The Morgan fingerprint density at radius 2 is 2.38 bits per heavy atom. The normalized spacial score (nSPS) is 27.8. The van der Waals surface area contributed by atoms with Gasteiger partial charge in [0.15, 0.2) is 0 Å². The van der Waals surface area contributed by atoms with Crippen LogP contribution in [0.3, 0.4) is 0 Å². The zero-order chi connectivity index (χ0) is 11.4. The van der Waals surface area contributed by atoms with E-state index in [1.165, 1.54) is 0 Å². The van der Waals surface area contributed by atoms with Gasteiger partial charge >= 0.3 is 0 Å². The number of rotatable bonds is 4. The molecule has 1 aliphatic heterocycles. The van der Waals surface area contributed by atoms with Gasteiger partial charge in [0.2, 0.25) is 0 Å². The van der Waals surface area contributed by atoms with Crippen molar-refractivity contribution >= 4 is 10.8 Å². The first-order valence-corrected chi connectivity index (χ1v) is 7.38. The van der Waals surface area contributed by atoms with Crippen LogP contribution in [0, 0.1) is 0 Å². The summed E-state index contributed by atoms with van der Waals surface area (Å²) in [5, 5.41) is 3.60. The van der Waals surface area contributed by atoms with Crippen molar-refractivity contribution in [1.29, 1.82) is 0 Å². The van der Waals surface area contributed by atoms with E-state index in [9.17, 15) is 4.21 Å². The molecule has 90 valence electrons. The topological polar surface area (TPSA) is 57.8 Å². The predicted molar refractivity (Wildman–Crippen MR) is 65.7 cm³/mol. The molecule has 1 saturated heterocycles. The third-order valence-corrected chi connectivity index (χ3v) is 4.46. The molecule has 0 aliphatic carbocycles. The van der Waals surface area contributed by atoms with Crippen LogP contribution in [0.1, 0.15) is 38.1 Å². The van der Waals surface area contributed by atoms with E-state index in [2.05, 4.69) is 22.2 Å². The molecule has 2 heterocycles. The first kappa shape index (κ1) is 11.8. The summed E-state index contributed by atoms with van der Waals surface area (Å²) in [6.07, 6.45) is 6.70. The number of hydrogen-bond acceptors (Lipinski definition) is 3. The fourth-order valence-corrected chi connectivity index (χ4v) is 3.40. The van der Waals surface area contributed by atoms with Crippen LogP contribution < -0.4 is 5.32 Å². The summed E-state index contributed by atoms with van der Waals surface area (Å²) in [6.45, 7) is 2.15. The van der Waals surface area contributed by atoms with Gasteiger partial charge in [0.1, 0.15) is 5.82 Å². The molecule has 2 rings (SSSR count). The van der Waals surface area contributed by atoms with Crippen molar-refractivity contribution in [2.75, 3.05) is 11.5 Å². The molecule has 0 aromatic carbocycles. The SMILES string of the molecule is CCC(NC1CCS(=O)CC1)c1ncc[nH]1. The summed E-state index contributed by atoms with van der Waals surface area (Å²) in [6, 6.07) is 0.791. The number of nitrogens with one attached hydrogen (secondary N) is 2. The lowest BCUT2D eigenvalue weighted by Gasteiger charge is -2.26. The third-order valence-electron chi connectivity index (χ3n) is 3.08. The molecular formula is C11H19N3OS. The zero-order valence-electron chi connectivity index (χ0n) is 9.61. The number of aromatic nitrogens is 2. The van der Waals surface area contributed by atoms with Crippen LogP contribution in [0.2, 0.25) is 0 Å². The second kappa shape index (κ2) is 5.59. The minimum Gasteiger partial charge on any atom is -0.347 e. The molecule has 0 radical (unpaired) electrons. The van der Waals surface area contributed by atoms with Crippen LogP contribution in [0.4, 0.5) is 0 Å². The fourth-order valence-electron chi connectivity index (χ4n) is 2.10. The van der Waals surface area contributed by atoms with Gasteiger partial charge < -0.3 is 10.3 Å². The summed E-state index contributed by atoms with van der Waals surface area (Å²) >= 11 is 0. The van der Waals surface area contributed by atoms with Gasteiger partial charge in [0.25, 0.3) is 0 Å². The average Bonchev–Trinajstić information content (AvgIpc) is 2.82. The second-order valence-corrected chi connectivity index (χ2v) is 5.92. The maximum atomic E-state index is 11.3. The molecule has 0 amide bonds. The number of nitrogens with zero attached hydrogens (tertiary/aromatic N) is 1. The van der Waals surface area contributed by atoms with Gasteiger partial charge in [-0.1, -0.05) is 6.92 Å². The van der Waals surface area contributed by atoms with Gasteiger partial charge in [0, 0.05) is 40.7 Å². The minimum atomic E-state index is -0.578. The van der Waals surface area contributed by atoms with E-state index in [1.807, 2.05) is 6.20 Å². The van der Waals surface area contributed by atoms with Gasteiger partial charge in [0.05, 0.1) is 6.04 Å². The van der Waals surface area contributed by atoms with Crippen molar-refractivity contribution in [3.63, 3.8) is 0 Å². The molecule has 1 unspecified atom stereocenters. The Morgan fingerprint density at radius 3 is 2.94 bits per heavy atom. The van der Waals surface area contributed by atoms with Crippen LogP contribution in [0.5, 0.6) is 0 Å². The van der Waals surface area contributed by atoms with Crippen molar-refractivity contribution in [3.8, 4) is 0 Å². The lowest BCUT2D eigenvalue weighted by atomic mass is 10.1. The molecule has 1 atom stereocenters. The zero-order valence-corrected chi connectivity index (χ0v) is 10.4. The van der Waals surface area contributed by atoms with Gasteiger partial charge in [-0.2, -0.15) is 0 Å². The Bertz CT molecular complexity index is 329. The first-order valence-electron chi connectivity index (χ1n) is 5.90. The van der Waals surface area contributed by atoms with Crippen molar-refractivity contribution in [1.82, 2.24) is 15.3 Å². The number of hydrogen-bond donors (Lipinski definition) is 2. The van der Waals surface area contributed by atoms with Gasteiger partial charge in [-0.25, -0.2) is 4.98 Å². The van der Waals surface area contributed by atoms with E-state index in [4.69, 9.17) is 0 Å². The smallest absolute Gasteiger partial charge is 0.123 e. The predicted octanol–water partition coefficient (Wildman–Crippen LogP) is 1.36. The molecule has 1 aliphatic rings.